The van der Waals surface area contributed by atoms with Gasteiger partial charge in [-0.25, -0.2) is 13.2 Å². The maximum atomic E-state index is 12.9. The Hall–Kier alpha value is -2.29. The summed E-state index contributed by atoms with van der Waals surface area (Å²) in [6.07, 6.45) is 2.92. The van der Waals surface area contributed by atoms with E-state index in [0.717, 1.165) is 25.3 Å². The first-order valence-corrected chi connectivity index (χ1v) is 13.6. The second-order valence-corrected chi connectivity index (χ2v) is 13.1. The SMILES string of the molecule is CC1(C)CC2CC(C)(CN2C(=O)COC(=O)c2ccc(Cl)c(S(=O)(=O)Nc3ccc(Cl)cc3)c2)C1. The number of hydrogen-bond acceptors (Lipinski definition) is 5. The Labute approximate surface area is 215 Å². The summed E-state index contributed by atoms with van der Waals surface area (Å²) in [5.41, 5.74) is 0.501. The molecule has 1 N–H and O–H groups in total. The Balaban J connectivity index is 1.44. The predicted molar refractivity (Wildman–Crippen MR) is 135 cm³/mol. The summed E-state index contributed by atoms with van der Waals surface area (Å²) in [5.74, 6) is -1.04. The van der Waals surface area contributed by atoms with Crippen LogP contribution in [0, 0.1) is 10.8 Å². The number of halogens is 2. The van der Waals surface area contributed by atoms with E-state index in [4.69, 9.17) is 27.9 Å². The van der Waals surface area contributed by atoms with Gasteiger partial charge in [0, 0.05) is 23.3 Å². The van der Waals surface area contributed by atoms with E-state index < -0.39 is 22.6 Å². The van der Waals surface area contributed by atoms with Gasteiger partial charge in [-0.15, -0.1) is 0 Å². The fourth-order valence-electron chi connectivity index (χ4n) is 5.61. The van der Waals surface area contributed by atoms with Gasteiger partial charge in [0.15, 0.2) is 6.61 Å². The van der Waals surface area contributed by atoms with Crippen LogP contribution in [0.2, 0.25) is 10.0 Å². The number of esters is 1. The van der Waals surface area contributed by atoms with Crippen molar-refractivity contribution in [3.8, 4) is 0 Å². The molecule has 1 amide bonds. The lowest BCUT2D eigenvalue weighted by Crippen LogP contribution is -2.39. The first-order chi connectivity index (χ1) is 16.3. The van der Waals surface area contributed by atoms with Crippen molar-refractivity contribution in [2.45, 2.75) is 51.0 Å². The Bertz CT molecular complexity index is 1260. The number of ether oxygens (including phenoxy) is 1. The molecule has 35 heavy (non-hydrogen) atoms. The van der Waals surface area contributed by atoms with E-state index >= 15 is 0 Å². The molecule has 1 saturated carbocycles. The van der Waals surface area contributed by atoms with E-state index in [2.05, 4.69) is 25.5 Å². The van der Waals surface area contributed by atoms with Gasteiger partial charge in [0.2, 0.25) is 0 Å². The van der Waals surface area contributed by atoms with Gasteiger partial charge in [-0.2, -0.15) is 0 Å². The number of carbonyl (C=O) groups excluding carboxylic acids is 2. The highest BCUT2D eigenvalue weighted by Crippen LogP contribution is 2.52. The highest BCUT2D eigenvalue weighted by atomic mass is 35.5. The third kappa shape index (κ3) is 5.76. The minimum absolute atomic E-state index is 0.0214. The topological polar surface area (TPSA) is 92.8 Å². The van der Waals surface area contributed by atoms with E-state index in [1.165, 1.54) is 24.3 Å². The molecule has 2 atom stereocenters. The van der Waals surface area contributed by atoms with Crippen molar-refractivity contribution in [1.82, 2.24) is 4.90 Å². The van der Waals surface area contributed by atoms with Crippen molar-refractivity contribution >= 4 is 50.8 Å². The van der Waals surface area contributed by atoms with Crippen molar-refractivity contribution in [2.24, 2.45) is 10.8 Å². The summed E-state index contributed by atoms with van der Waals surface area (Å²) < 4.78 is 33.4. The number of fused-ring (bicyclic) bond motifs is 2. The van der Waals surface area contributed by atoms with Gasteiger partial charge in [-0.1, -0.05) is 44.0 Å². The second-order valence-electron chi connectivity index (χ2n) is 10.6. The molecule has 2 bridgehead atoms. The molecule has 2 aliphatic rings. The molecular weight excluding hydrogens is 511 g/mol. The highest BCUT2D eigenvalue weighted by molar-refractivity contribution is 7.92. The lowest BCUT2D eigenvalue weighted by Gasteiger charge is -2.39. The summed E-state index contributed by atoms with van der Waals surface area (Å²) in [6, 6.07) is 10.0. The summed E-state index contributed by atoms with van der Waals surface area (Å²) in [7, 11) is -4.09. The molecule has 0 radical (unpaired) electrons. The van der Waals surface area contributed by atoms with Crippen molar-refractivity contribution in [1.29, 1.82) is 0 Å². The number of rotatable bonds is 6. The highest BCUT2D eigenvalue weighted by Gasteiger charge is 2.50. The van der Waals surface area contributed by atoms with Crippen LogP contribution in [0.3, 0.4) is 0 Å². The van der Waals surface area contributed by atoms with Crippen molar-refractivity contribution in [3.63, 3.8) is 0 Å². The molecule has 1 saturated heterocycles. The van der Waals surface area contributed by atoms with Crippen molar-refractivity contribution < 1.29 is 22.7 Å². The molecule has 1 aliphatic heterocycles. The van der Waals surface area contributed by atoms with Crippen LogP contribution in [0.5, 0.6) is 0 Å². The summed E-state index contributed by atoms with van der Waals surface area (Å²) >= 11 is 12.0. The van der Waals surface area contributed by atoms with Gasteiger partial charge in [-0.05, 0) is 72.6 Å². The molecule has 2 aromatic carbocycles. The van der Waals surface area contributed by atoms with Gasteiger partial charge >= 0.3 is 5.97 Å². The summed E-state index contributed by atoms with van der Waals surface area (Å²) in [5, 5.41) is 0.403. The van der Waals surface area contributed by atoms with Crippen LogP contribution in [0.25, 0.3) is 0 Å². The van der Waals surface area contributed by atoms with E-state index in [9.17, 15) is 18.0 Å². The molecule has 0 spiro atoms. The molecule has 1 heterocycles. The molecule has 2 aromatic rings. The van der Waals surface area contributed by atoms with Gasteiger partial charge in [0.1, 0.15) is 4.90 Å². The van der Waals surface area contributed by atoms with Crippen molar-refractivity contribution in [3.05, 3.63) is 58.1 Å². The van der Waals surface area contributed by atoms with Crippen LogP contribution >= 0.6 is 23.2 Å². The van der Waals surface area contributed by atoms with E-state index in [1.54, 1.807) is 12.1 Å². The number of nitrogens with one attached hydrogen (secondary N) is 1. The maximum Gasteiger partial charge on any atom is 0.338 e. The quantitative estimate of drug-likeness (QED) is 0.498. The zero-order valence-electron chi connectivity index (χ0n) is 19.8. The lowest BCUT2D eigenvalue weighted by molar-refractivity contribution is -0.135. The Morgan fingerprint density at radius 2 is 1.77 bits per heavy atom. The van der Waals surface area contributed by atoms with E-state index in [0.29, 0.717) is 11.6 Å². The monoisotopic (exact) mass is 538 g/mol. The van der Waals surface area contributed by atoms with E-state index in [-0.39, 0.29) is 43.9 Å². The zero-order valence-corrected chi connectivity index (χ0v) is 22.1. The third-order valence-electron chi connectivity index (χ3n) is 6.61. The Morgan fingerprint density at radius 1 is 1.09 bits per heavy atom. The number of benzene rings is 2. The molecular formula is C25H28Cl2N2O5S. The maximum absolute atomic E-state index is 12.9. The predicted octanol–water partition coefficient (Wildman–Crippen LogP) is 5.38. The fraction of sp³-hybridized carbons (Fsp3) is 0.440. The van der Waals surface area contributed by atoms with Crippen LogP contribution in [0.1, 0.15) is 50.4 Å². The van der Waals surface area contributed by atoms with E-state index in [1.807, 2.05) is 4.90 Å². The number of anilines is 1. The Morgan fingerprint density at radius 3 is 2.46 bits per heavy atom. The first kappa shape index (κ1) is 25.8. The first-order valence-electron chi connectivity index (χ1n) is 11.3. The summed E-state index contributed by atoms with van der Waals surface area (Å²) in [4.78, 5) is 27.1. The minimum Gasteiger partial charge on any atom is -0.452 e. The molecule has 10 heteroatoms. The average molecular weight is 539 g/mol. The fourth-order valence-corrected chi connectivity index (χ4v) is 7.32. The van der Waals surface area contributed by atoms with Gasteiger partial charge in [0.25, 0.3) is 15.9 Å². The molecule has 1 aliphatic carbocycles. The van der Waals surface area contributed by atoms with Crippen molar-refractivity contribution in [2.75, 3.05) is 17.9 Å². The molecule has 188 valence electrons. The number of likely N-dealkylation sites (tertiary alicyclic amines) is 1. The molecule has 7 nitrogen and oxygen atoms in total. The number of nitrogens with zero attached hydrogens (tertiary/aromatic N) is 1. The Kier molecular flexibility index (Phi) is 6.85. The van der Waals surface area contributed by atoms with Crippen LogP contribution < -0.4 is 4.72 Å². The largest absolute Gasteiger partial charge is 0.452 e. The third-order valence-corrected chi connectivity index (χ3v) is 8.73. The average Bonchev–Trinajstić information content (AvgIpc) is 3.02. The minimum atomic E-state index is -4.09. The van der Waals surface area contributed by atoms with Crippen LogP contribution in [-0.4, -0.2) is 44.4 Å². The summed E-state index contributed by atoms with van der Waals surface area (Å²) in [6.45, 7) is 6.89. The van der Waals surface area contributed by atoms with Gasteiger partial charge in [0.05, 0.1) is 10.6 Å². The number of hydrogen-bond donors (Lipinski definition) is 1. The van der Waals surface area contributed by atoms with Crippen LogP contribution in [-0.2, 0) is 19.6 Å². The zero-order chi connectivity index (χ0) is 25.6. The number of sulfonamides is 1. The lowest BCUT2D eigenvalue weighted by atomic mass is 9.65. The molecule has 2 fully saturated rings. The molecule has 2 unspecified atom stereocenters. The number of carbonyl (C=O) groups is 2. The smallest absolute Gasteiger partial charge is 0.338 e. The second kappa shape index (κ2) is 9.30. The molecule has 0 aromatic heterocycles. The van der Waals surface area contributed by atoms with Crippen LogP contribution in [0.4, 0.5) is 5.69 Å². The van der Waals surface area contributed by atoms with Crippen LogP contribution in [0.15, 0.2) is 47.4 Å². The normalized spacial score (nSPS) is 23.1. The van der Waals surface area contributed by atoms with Gasteiger partial charge in [-0.3, -0.25) is 9.52 Å². The molecule has 4 rings (SSSR count). The van der Waals surface area contributed by atoms with Gasteiger partial charge < -0.3 is 9.64 Å². The standard InChI is InChI=1S/C25H28Cl2N2O5S/c1-24(2)11-19-12-25(3,14-24)15-29(19)22(30)13-34-23(31)16-4-9-20(27)21(10-16)35(32,33)28-18-7-5-17(26)6-8-18/h4-10,19,28H,11-15H2,1-3H3. The number of amides is 1.